The van der Waals surface area contributed by atoms with Crippen molar-refractivity contribution < 1.29 is 23.1 Å². The van der Waals surface area contributed by atoms with E-state index in [1.807, 2.05) is 76.2 Å². The van der Waals surface area contributed by atoms with Gasteiger partial charge in [-0.15, -0.1) is 0 Å². The van der Waals surface area contributed by atoms with Crippen LogP contribution in [0, 0.1) is 19.8 Å². The van der Waals surface area contributed by atoms with Crippen LogP contribution in [-0.4, -0.2) is 49.7 Å². The van der Waals surface area contributed by atoms with Crippen molar-refractivity contribution in [2.24, 2.45) is 5.92 Å². The van der Waals surface area contributed by atoms with E-state index in [2.05, 4.69) is 5.32 Å². The standard InChI is InChI=1S/C30H38N2O5S/c1-22(2)21-32(38(35,36)27-15-13-26(37-5)14-16-27)30(34,20-25-9-7-6-8-10-25)17-18-31-29(33)28-19-23(3)11-12-24(28)4/h6-16,19,22,34H,17-18,20-21H2,1-5H3,(H,31,33). The number of rotatable bonds is 12. The number of hydrogen-bond donors (Lipinski definition) is 2. The Hall–Kier alpha value is -3.20. The van der Waals surface area contributed by atoms with Crippen molar-refractivity contribution in [1.29, 1.82) is 0 Å². The van der Waals surface area contributed by atoms with Crippen LogP contribution >= 0.6 is 0 Å². The van der Waals surface area contributed by atoms with Crippen molar-refractivity contribution >= 4 is 15.9 Å². The fraction of sp³-hybridized carbons (Fsp3) is 0.367. The summed E-state index contributed by atoms with van der Waals surface area (Å²) in [4.78, 5) is 13.0. The van der Waals surface area contributed by atoms with Gasteiger partial charge in [0, 0.05) is 31.5 Å². The summed E-state index contributed by atoms with van der Waals surface area (Å²) in [6.45, 7) is 7.78. The molecule has 7 nitrogen and oxygen atoms in total. The number of nitrogens with zero attached hydrogens (tertiary/aromatic N) is 1. The second-order valence-corrected chi connectivity index (χ2v) is 11.9. The Bertz CT molecular complexity index is 1320. The summed E-state index contributed by atoms with van der Waals surface area (Å²) in [5.74, 6) is 0.213. The van der Waals surface area contributed by atoms with Gasteiger partial charge in [0.15, 0.2) is 0 Å². The van der Waals surface area contributed by atoms with Crippen molar-refractivity contribution in [1.82, 2.24) is 9.62 Å². The number of carbonyl (C=O) groups is 1. The Morgan fingerprint density at radius 1 is 1.03 bits per heavy atom. The van der Waals surface area contributed by atoms with Gasteiger partial charge in [0.25, 0.3) is 5.91 Å². The van der Waals surface area contributed by atoms with E-state index in [0.717, 1.165) is 16.7 Å². The molecule has 0 spiro atoms. The van der Waals surface area contributed by atoms with Crippen LogP contribution in [0.5, 0.6) is 5.75 Å². The molecule has 1 atom stereocenters. The van der Waals surface area contributed by atoms with Crippen LogP contribution in [0.2, 0.25) is 0 Å². The summed E-state index contributed by atoms with van der Waals surface area (Å²) in [5.41, 5.74) is 1.36. The predicted octanol–water partition coefficient (Wildman–Crippen LogP) is 4.71. The number of amides is 1. The molecular formula is C30H38N2O5S. The largest absolute Gasteiger partial charge is 0.497 e. The third-order valence-electron chi connectivity index (χ3n) is 6.42. The SMILES string of the molecule is COc1ccc(S(=O)(=O)N(CC(C)C)C(O)(CCNC(=O)c2cc(C)ccc2C)Cc2ccccc2)cc1. The predicted molar refractivity (Wildman–Crippen MR) is 150 cm³/mol. The maximum Gasteiger partial charge on any atom is 0.251 e. The molecule has 0 aromatic heterocycles. The third kappa shape index (κ3) is 7.22. The van der Waals surface area contributed by atoms with Crippen LogP contribution in [0.15, 0.2) is 77.7 Å². The van der Waals surface area contributed by atoms with Crippen LogP contribution in [0.3, 0.4) is 0 Å². The van der Waals surface area contributed by atoms with Gasteiger partial charge in [-0.3, -0.25) is 4.79 Å². The van der Waals surface area contributed by atoms with Gasteiger partial charge in [-0.1, -0.05) is 61.9 Å². The van der Waals surface area contributed by atoms with Crippen molar-refractivity contribution in [3.63, 3.8) is 0 Å². The maximum atomic E-state index is 13.9. The second kappa shape index (κ2) is 12.6. The van der Waals surface area contributed by atoms with E-state index in [0.29, 0.717) is 11.3 Å². The molecule has 0 aliphatic rings. The van der Waals surface area contributed by atoms with Crippen molar-refractivity contribution in [2.45, 2.75) is 51.2 Å². The van der Waals surface area contributed by atoms with Gasteiger partial charge in [-0.25, -0.2) is 8.42 Å². The van der Waals surface area contributed by atoms with E-state index in [1.54, 1.807) is 12.1 Å². The van der Waals surface area contributed by atoms with Crippen LogP contribution in [0.1, 0.15) is 47.3 Å². The van der Waals surface area contributed by atoms with Gasteiger partial charge >= 0.3 is 0 Å². The van der Waals surface area contributed by atoms with Gasteiger partial charge in [0.05, 0.1) is 12.0 Å². The molecule has 2 N–H and O–H groups in total. The number of carbonyl (C=O) groups excluding carboxylic acids is 1. The number of aliphatic hydroxyl groups is 1. The molecule has 0 radical (unpaired) electrons. The minimum absolute atomic E-state index is 0.000598. The Morgan fingerprint density at radius 3 is 2.29 bits per heavy atom. The fourth-order valence-corrected chi connectivity index (χ4v) is 6.21. The first kappa shape index (κ1) is 29.4. The molecule has 204 valence electrons. The van der Waals surface area contributed by atoms with Crippen molar-refractivity contribution in [3.05, 3.63) is 95.1 Å². The minimum atomic E-state index is -4.10. The molecule has 0 bridgehead atoms. The van der Waals surface area contributed by atoms with Crippen molar-refractivity contribution in [3.8, 4) is 5.75 Å². The number of ether oxygens (including phenoxy) is 1. The highest BCUT2D eigenvalue weighted by atomic mass is 32.2. The molecule has 38 heavy (non-hydrogen) atoms. The Balaban J connectivity index is 1.96. The molecule has 0 saturated heterocycles. The van der Waals surface area contributed by atoms with Crippen LogP contribution in [0.4, 0.5) is 0 Å². The topological polar surface area (TPSA) is 95.9 Å². The third-order valence-corrected chi connectivity index (χ3v) is 8.36. The summed E-state index contributed by atoms with van der Waals surface area (Å²) >= 11 is 0. The highest BCUT2D eigenvalue weighted by Crippen LogP contribution is 2.31. The summed E-state index contributed by atoms with van der Waals surface area (Å²) in [5, 5.41) is 15.0. The lowest BCUT2D eigenvalue weighted by molar-refractivity contribution is -0.0700. The molecule has 1 unspecified atom stereocenters. The van der Waals surface area contributed by atoms with E-state index in [1.165, 1.54) is 23.5 Å². The molecule has 3 aromatic rings. The van der Waals surface area contributed by atoms with E-state index in [-0.39, 0.29) is 42.7 Å². The quantitative estimate of drug-likeness (QED) is 0.326. The first-order valence-electron chi connectivity index (χ1n) is 12.7. The van der Waals surface area contributed by atoms with Crippen LogP contribution in [-0.2, 0) is 16.4 Å². The lowest BCUT2D eigenvalue weighted by atomic mass is 9.98. The summed E-state index contributed by atoms with van der Waals surface area (Å²) in [6.07, 6.45) is 0.0654. The fourth-order valence-electron chi connectivity index (χ4n) is 4.37. The molecule has 0 aliphatic heterocycles. The van der Waals surface area contributed by atoms with Crippen LogP contribution in [0.25, 0.3) is 0 Å². The zero-order valence-electron chi connectivity index (χ0n) is 22.8. The number of hydrogen-bond acceptors (Lipinski definition) is 5. The highest BCUT2D eigenvalue weighted by Gasteiger charge is 2.43. The zero-order valence-corrected chi connectivity index (χ0v) is 23.6. The molecule has 0 fully saturated rings. The minimum Gasteiger partial charge on any atom is -0.497 e. The van der Waals surface area contributed by atoms with Crippen LogP contribution < -0.4 is 10.1 Å². The summed E-state index contributed by atoms with van der Waals surface area (Å²) < 4.78 is 34.3. The van der Waals surface area contributed by atoms with E-state index in [4.69, 9.17) is 4.74 Å². The molecule has 0 aliphatic carbocycles. The van der Waals surface area contributed by atoms with Gasteiger partial charge in [-0.05, 0) is 61.2 Å². The molecular weight excluding hydrogens is 500 g/mol. The Labute approximate surface area is 226 Å². The molecule has 1 amide bonds. The number of nitrogens with one attached hydrogen (secondary N) is 1. The molecule has 8 heteroatoms. The molecule has 3 aromatic carbocycles. The molecule has 0 saturated carbocycles. The Kier molecular flexibility index (Phi) is 9.71. The number of sulfonamides is 1. The van der Waals surface area contributed by atoms with E-state index < -0.39 is 15.7 Å². The van der Waals surface area contributed by atoms with Gasteiger partial charge in [0.2, 0.25) is 10.0 Å². The van der Waals surface area contributed by atoms with Gasteiger partial charge in [-0.2, -0.15) is 4.31 Å². The average Bonchev–Trinajstić information content (AvgIpc) is 2.89. The lowest BCUT2D eigenvalue weighted by Crippen LogP contribution is -2.55. The molecule has 3 rings (SSSR count). The summed E-state index contributed by atoms with van der Waals surface area (Å²) in [7, 11) is -2.59. The smallest absolute Gasteiger partial charge is 0.251 e. The lowest BCUT2D eigenvalue weighted by Gasteiger charge is -2.40. The second-order valence-electron chi connectivity index (χ2n) is 10.1. The average molecular weight is 539 g/mol. The number of methoxy groups -OCH3 is 1. The summed E-state index contributed by atoms with van der Waals surface area (Å²) in [6, 6.07) is 21.1. The Morgan fingerprint density at radius 2 is 1.68 bits per heavy atom. The number of aryl methyl sites for hydroxylation is 2. The van der Waals surface area contributed by atoms with E-state index in [9.17, 15) is 18.3 Å². The first-order valence-corrected chi connectivity index (χ1v) is 14.2. The monoisotopic (exact) mass is 538 g/mol. The maximum absolute atomic E-state index is 13.9. The zero-order chi connectivity index (χ0) is 27.9. The first-order chi connectivity index (χ1) is 18.0. The highest BCUT2D eigenvalue weighted by molar-refractivity contribution is 7.89. The van der Waals surface area contributed by atoms with Crippen molar-refractivity contribution in [2.75, 3.05) is 20.2 Å². The molecule has 0 heterocycles. The van der Waals surface area contributed by atoms with Gasteiger partial charge < -0.3 is 15.2 Å². The number of benzene rings is 3. The van der Waals surface area contributed by atoms with E-state index >= 15 is 0 Å². The van der Waals surface area contributed by atoms with Gasteiger partial charge in [0.1, 0.15) is 11.5 Å². The normalized spacial score (nSPS) is 13.4.